The van der Waals surface area contributed by atoms with Crippen LogP contribution < -0.4 is 9.47 Å². The van der Waals surface area contributed by atoms with Crippen molar-refractivity contribution < 1.29 is 19.5 Å². The number of ether oxygens (including phenoxy) is 1. The number of benzene rings is 1. The van der Waals surface area contributed by atoms with Crippen LogP contribution in [0.1, 0.15) is 52.3 Å². The predicted octanol–water partition coefficient (Wildman–Crippen LogP) is 3.64. The minimum absolute atomic E-state index is 0.141. The number of piperidine rings is 1. The summed E-state index contributed by atoms with van der Waals surface area (Å²) < 4.78 is 6.90. The first kappa shape index (κ1) is 22.4. The Morgan fingerprint density at radius 1 is 1.15 bits per heavy atom. The van der Waals surface area contributed by atoms with Crippen LogP contribution >= 0.6 is 0 Å². The molecule has 34 heavy (non-hydrogen) atoms. The zero-order chi connectivity index (χ0) is 23.7. The number of amides is 1. The van der Waals surface area contributed by atoms with Crippen LogP contribution in [0.2, 0.25) is 0 Å². The van der Waals surface area contributed by atoms with Gasteiger partial charge in [0.15, 0.2) is 0 Å². The molecule has 3 heterocycles. The van der Waals surface area contributed by atoms with Gasteiger partial charge < -0.3 is 9.64 Å². The largest absolute Gasteiger partial charge is 0.496 e. The lowest BCUT2D eigenvalue weighted by Gasteiger charge is -2.37. The molecule has 1 atom stereocenters. The molecule has 1 N–H and O–H groups in total. The predicted molar refractivity (Wildman–Crippen MR) is 128 cm³/mol. The molecule has 1 fully saturated rings. The standard InChI is InChI=1S/C28H32N3O3/c1-19-16-23-6-5-22-4-3-11-29-28(22)27(26(23)24(17-19)34-2)21-9-12-30(13-10-21)25(32)18-20-7-14-31(33)15-8-20/h3-4,7-8,11,14-17,21,27,33H,5-6,9-10,12-13,18H2,1-2H3/q+1. The molecule has 0 spiro atoms. The van der Waals surface area contributed by atoms with Crippen LogP contribution in [-0.2, 0) is 24.1 Å². The summed E-state index contributed by atoms with van der Waals surface area (Å²) in [6.07, 6.45) is 9.23. The summed E-state index contributed by atoms with van der Waals surface area (Å²) in [4.78, 5) is 19.8. The van der Waals surface area contributed by atoms with Gasteiger partial charge in [-0.25, -0.2) is 0 Å². The fourth-order valence-corrected chi connectivity index (χ4v) is 5.71. The normalized spacial score (nSPS) is 18.1. The number of carbonyl (C=O) groups is 1. The average molecular weight is 459 g/mol. The van der Waals surface area contributed by atoms with Gasteiger partial charge in [-0.1, -0.05) is 12.1 Å². The lowest BCUT2D eigenvalue weighted by Crippen LogP contribution is -2.41. The van der Waals surface area contributed by atoms with Crippen LogP contribution in [0.4, 0.5) is 0 Å². The Balaban J connectivity index is 1.40. The molecular weight excluding hydrogens is 426 g/mol. The molecule has 0 radical (unpaired) electrons. The number of hydrogen-bond donors (Lipinski definition) is 1. The first-order chi connectivity index (χ1) is 16.5. The third-order valence-electron chi connectivity index (χ3n) is 7.39. The van der Waals surface area contributed by atoms with Crippen LogP contribution in [0.3, 0.4) is 0 Å². The number of rotatable bonds is 4. The number of aryl methyl sites for hydroxylation is 3. The van der Waals surface area contributed by atoms with Gasteiger partial charge in [0.2, 0.25) is 18.3 Å². The van der Waals surface area contributed by atoms with E-state index in [1.165, 1.54) is 27.9 Å². The van der Waals surface area contributed by atoms with Crippen molar-refractivity contribution in [2.45, 2.75) is 44.9 Å². The molecule has 1 aromatic carbocycles. The molecule has 5 rings (SSSR count). The van der Waals surface area contributed by atoms with Crippen LogP contribution in [0, 0.1) is 12.8 Å². The molecule has 1 amide bonds. The molecule has 0 saturated carbocycles. The van der Waals surface area contributed by atoms with Crippen molar-refractivity contribution in [2.75, 3.05) is 20.2 Å². The van der Waals surface area contributed by atoms with Crippen molar-refractivity contribution in [3.05, 3.63) is 88.5 Å². The third-order valence-corrected chi connectivity index (χ3v) is 7.39. The number of aromatic nitrogens is 2. The minimum Gasteiger partial charge on any atom is -0.496 e. The van der Waals surface area contributed by atoms with Gasteiger partial charge in [0, 0.05) is 47.6 Å². The van der Waals surface area contributed by atoms with Crippen molar-refractivity contribution >= 4 is 5.91 Å². The molecule has 176 valence electrons. The lowest BCUT2D eigenvalue weighted by molar-refractivity contribution is -0.904. The Labute approximate surface area is 200 Å². The summed E-state index contributed by atoms with van der Waals surface area (Å²) in [5.41, 5.74) is 7.29. The minimum atomic E-state index is 0.141. The van der Waals surface area contributed by atoms with Gasteiger partial charge in [0.1, 0.15) is 5.75 Å². The number of methoxy groups -OCH3 is 1. The maximum absolute atomic E-state index is 12.9. The van der Waals surface area contributed by atoms with E-state index in [0.29, 0.717) is 12.3 Å². The number of hydrogen-bond acceptors (Lipinski definition) is 4. The van der Waals surface area contributed by atoms with E-state index >= 15 is 0 Å². The van der Waals surface area contributed by atoms with E-state index in [4.69, 9.17) is 9.72 Å². The molecule has 2 aromatic heterocycles. The van der Waals surface area contributed by atoms with Crippen LogP contribution in [0.25, 0.3) is 0 Å². The molecular formula is C28H32N3O3+. The summed E-state index contributed by atoms with van der Waals surface area (Å²) in [5.74, 6) is 1.68. The van der Waals surface area contributed by atoms with E-state index in [2.05, 4.69) is 25.1 Å². The third kappa shape index (κ3) is 4.37. The van der Waals surface area contributed by atoms with E-state index in [1.807, 2.05) is 17.2 Å². The monoisotopic (exact) mass is 458 g/mol. The fraction of sp³-hybridized carbons (Fsp3) is 0.393. The second kappa shape index (κ2) is 9.45. The maximum atomic E-state index is 12.9. The molecule has 1 aliphatic heterocycles. The van der Waals surface area contributed by atoms with Crippen molar-refractivity contribution in [2.24, 2.45) is 5.92 Å². The first-order valence-electron chi connectivity index (χ1n) is 12.1. The summed E-state index contributed by atoms with van der Waals surface area (Å²) in [5, 5.41) is 9.41. The Morgan fingerprint density at radius 3 is 2.62 bits per heavy atom. The summed E-state index contributed by atoms with van der Waals surface area (Å²) >= 11 is 0. The van der Waals surface area contributed by atoms with E-state index < -0.39 is 0 Å². The van der Waals surface area contributed by atoms with Gasteiger partial charge in [-0.15, -0.1) is 0 Å². The number of fused-ring (bicyclic) bond motifs is 2. The van der Waals surface area contributed by atoms with E-state index in [9.17, 15) is 10.0 Å². The molecule has 2 aliphatic rings. The van der Waals surface area contributed by atoms with E-state index in [0.717, 1.165) is 54.8 Å². The maximum Gasteiger partial charge on any atom is 0.226 e. The zero-order valence-corrected chi connectivity index (χ0v) is 19.9. The molecule has 0 bridgehead atoms. The van der Waals surface area contributed by atoms with Crippen molar-refractivity contribution in [1.82, 2.24) is 9.88 Å². The van der Waals surface area contributed by atoms with Gasteiger partial charge in [0.25, 0.3) is 0 Å². The van der Waals surface area contributed by atoms with Crippen molar-refractivity contribution in [3.8, 4) is 5.75 Å². The number of pyridine rings is 2. The fourth-order valence-electron chi connectivity index (χ4n) is 5.71. The highest BCUT2D eigenvalue weighted by molar-refractivity contribution is 5.78. The van der Waals surface area contributed by atoms with E-state index in [1.54, 1.807) is 31.6 Å². The quantitative estimate of drug-likeness (QED) is 0.479. The average Bonchev–Trinajstić information content (AvgIpc) is 3.02. The van der Waals surface area contributed by atoms with Gasteiger partial charge in [0.05, 0.1) is 19.2 Å². The summed E-state index contributed by atoms with van der Waals surface area (Å²) in [6.45, 7) is 3.63. The van der Waals surface area contributed by atoms with E-state index in [-0.39, 0.29) is 11.8 Å². The SMILES string of the molecule is COc1cc(C)cc2c1C(C1CCN(C(=O)Cc3cc[n+](O)cc3)CC1)c1ncccc1CC2. The molecule has 1 saturated heterocycles. The molecule has 1 unspecified atom stereocenters. The number of nitrogens with zero attached hydrogens (tertiary/aromatic N) is 3. The second-order valence-corrected chi connectivity index (χ2v) is 9.55. The Bertz CT molecular complexity index is 1180. The highest BCUT2D eigenvalue weighted by Crippen LogP contribution is 2.46. The molecule has 6 heteroatoms. The number of carbonyl (C=O) groups excluding carboxylic acids is 1. The lowest BCUT2D eigenvalue weighted by atomic mass is 9.76. The molecule has 3 aromatic rings. The van der Waals surface area contributed by atoms with Gasteiger partial charge in [-0.2, -0.15) is 0 Å². The molecule has 6 nitrogen and oxygen atoms in total. The smallest absolute Gasteiger partial charge is 0.226 e. The summed E-state index contributed by atoms with van der Waals surface area (Å²) in [6, 6.07) is 12.3. The van der Waals surface area contributed by atoms with Crippen LogP contribution in [0.15, 0.2) is 55.0 Å². The Morgan fingerprint density at radius 2 is 1.88 bits per heavy atom. The van der Waals surface area contributed by atoms with Gasteiger partial charge in [-0.3, -0.25) is 15.0 Å². The Kier molecular flexibility index (Phi) is 6.22. The van der Waals surface area contributed by atoms with Crippen molar-refractivity contribution in [1.29, 1.82) is 0 Å². The first-order valence-corrected chi connectivity index (χ1v) is 12.1. The zero-order valence-electron chi connectivity index (χ0n) is 19.9. The topological polar surface area (TPSA) is 66.5 Å². The Hall–Kier alpha value is -3.41. The highest BCUT2D eigenvalue weighted by Gasteiger charge is 2.36. The van der Waals surface area contributed by atoms with Gasteiger partial charge in [-0.05, 0) is 72.9 Å². The highest BCUT2D eigenvalue weighted by atomic mass is 16.5. The summed E-state index contributed by atoms with van der Waals surface area (Å²) in [7, 11) is 1.76. The second-order valence-electron chi connectivity index (χ2n) is 9.55. The van der Waals surface area contributed by atoms with Crippen molar-refractivity contribution in [3.63, 3.8) is 0 Å². The van der Waals surface area contributed by atoms with Crippen LogP contribution in [-0.4, -0.2) is 41.2 Å². The van der Waals surface area contributed by atoms with Crippen LogP contribution in [0.5, 0.6) is 5.75 Å². The molecule has 1 aliphatic carbocycles. The van der Waals surface area contributed by atoms with Gasteiger partial charge >= 0.3 is 0 Å². The number of likely N-dealkylation sites (tertiary alicyclic amines) is 1.